The second-order valence-corrected chi connectivity index (χ2v) is 9.47. The average Bonchev–Trinajstić information content (AvgIpc) is 2.49. The molecular formula is C19H41NO3S. The Bertz CT molecular complexity index is 375. The SMILES string of the molecule is CCCCCCCCCCCCCCOS(=O)(=O)CCC(C)(C)N. The highest BCUT2D eigenvalue weighted by Crippen LogP contribution is 2.12. The Morgan fingerprint density at radius 3 is 1.62 bits per heavy atom. The van der Waals surface area contributed by atoms with Gasteiger partial charge in [-0.15, -0.1) is 0 Å². The first-order chi connectivity index (χ1) is 11.3. The van der Waals surface area contributed by atoms with Crippen LogP contribution in [0, 0.1) is 0 Å². The fourth-order valence-corrected chi connectivity index (χ4v) is 3.84. The van der Waals surface area contributed by atoms with Gasteiger partial charge in [0.05, 0.1) is 12.4 Å². The van der Waals surface area contributed by atoms with Crippen LogP contribution < -0.4 is 5.73 Å². The Balaban J connectivity index is 3.36. The van der Waals surface area contributed by atoms with Gasteiger partial charge in [-0.25, -0.2) is 0 Å². The summed E-state index contributed by atoms with van der Waals surface area (Å²) >= 11 is 0. The third-order valence-electron chi connectivity index (χ3n) is 4.26. The molecule has 0 saturated carbocycles. The molecule has 0 unspecified atom stereocenters. The maximum absolute atomic E-state index is 11.7. The number of rotatable bonds is 17. The van der Waals surface area contributed by atoms with Gasteiger partial charge < -0.3 is 5.73 Å². The van der Waals surface area contributed by atoms with E-state index in [9.17, 15) is 8.42 Å². The summed E-state index contributed by atoms with van der Waals surface area (Å²) in [4.78, 5) is 0. The number of hydrogen-bond acceptors (Lipinski definition) is 4. The first kappa shape index (κ1) is 23.9. The standard InChI is InChI=1S/C19H41NO3S/c1-4-5-6-7-8-9-10-11-12-13-14-15-17-23-24(21,22)18-16-19(2,3)20/h4-18,20H2,1-3H3. The Morgan fingerprint density at radius 2 is 1.21 bits per heavy atom. The largest absolute Gasteiger partial charge is 0.326 e. The van der Waals surface area contributed by atoms with Gasteiger partial charge in [-0.05, 0) is 26.7 Å². The molecule has 0 aromatic carbocycles. The van der Waals surface area contributed by atoms with Gasteiger partial charge in [0.1, 0.15) is 0 Å². The van der Waals surface area contributed by atoms with Crippen molar-refractivity contribution >= 4 is 10.1 Å². The highest BCUT2D eigenvalue weighted by Gasteiger charge is 2.18. The van der Waals surface area contributed by atoms with Crippen LogP contribution in [0.4, 0.5) is 0 Å². The summed E-state index contributed by atoms with van der Waals surface area (Å²) in [6.07, 6.45) is 15.6. The van der Waals surface area contributed by atoms with Crippen molar-refractivity contribution in [1.82, 2.24) is 0 Å². The molecule has 0 saturated heterocycles. The highest BCUT2D eigenvalue weighted by atomic mass is 32.2. The minimum absolute atomic E-state index is 0.00869. The number of nitrogens with two attached hydrogens (primary N) is 1. The molecule has 0 aliphatic rings. The first-order valence-electron chi connectivity index (χ1n) is 9.93. The molecule has 2 N–H and O–H groups in total. The van der Waals surface area contributed by atoms with E-state index in [1.54, 1.807) is 0 Å². The molecule has 0 atom stereocenters. The predicted molar refractivity (Wildman–Crippen MR) is 104 cm³/mol. The molecule has 24 heavy (non-hydrogen) atoms. The van der Waals surface area contributed by atoms with Gasteiger partial charge in [0.2, 0.25) is 0 Å². The van der Waals surface area contributed by atoms with Crippen LogP contribution in [-0.4, -0.2) is 26.3 Å². The van der Waals surface area contributed by atoms with E-state index in [1.807, 2.05) is 13.8 Å². The molecule has 0 aromatic heterocycles. The highest BCUT2D eigenvalue weighted by molar-refractivity contribution is 7.86. The summed E-state index contributed by atoms with van der Waals surface area (Å²) in [5, 5.41) is 0. The summed E-state index contributed by atoms with van der Waals surface area (Å²) in [7, 11) is -3.41. The Hall–Kier alpha value is -0.130. The molecule has 0 fully saturated rings. The second kappa shape index (κ2) is 14.1. The molecule has 146 valence electrons. The van der Waals surface area contributed by atoms with Crippen LogP contribution in [0.15, 0.2) is 0 Å². The predicted octanol–water partition coefficient (Wildman–Crippen LogP) is 5.16. The van der Waals surface area contributed by atoms with Crippen molar-refractivity contribution in [1.29, 1.82) is 0 Å². The van der Waals surface area contributed by atoms with E-state index >= 15 is 0 Å². The molecule has 4 nitrogen and oxygen atoms in total. The lowest BCUT2D eigenvalue weighted by atomic mass is 10.0. The molecule has 0 heterocycles. The van der Waals surface area contributed by atoms with Crippen molar-refractivity contribution < 1.29 is 12.6 Å². The van der Waals surface area contributed by atoms with Gasteiger partial charge in [0.15, 0.2) is 0 Å². The van der Waals surface area contributed by atoms with Gasteiger partial charge in [0, 0.05) is 5.54 Å². The van der Waals surface area contributed by atoms with Crippen molar-refractivity contribution in [3.05, 3.63) is 0 Å². The molecule has 0 aliphatic heterocycles. The van der Waals surface area contributed by atoms with Crippen molar-refractivity contribution in [3.8, 4) is 0 Å². The molecule has 0 aromatic rings. The zero-order chi connectivity index (χ0) is 18.3. The lowest BCUT2D eigenvalue weighted by molar-refractivity contribution is 0.303. The minimum atomic E-state index is -3.41. The first-order valence-corrected chi connectivity index (χ1v) is 11.5. The van der Waals surface area contributed by atoms with Gasteiger partial charge in [-0.3, -0.25) is 4.18 Å². The molecule has 5 heteroatoms. The lowest BCUT2D eigenvalue weighted by Crippen LogP contribution is -2.34. The third kappa shape index (κ3) is 18.2. The summed E-state index contributed by atoms with van der Waals surface area (Å²) < 4.78 is 28.4. The van der Waals surface area contributed by atoms with Crippen LogP contribution >= 0.6 is 0 Å². The summed E-state index contributed by atoms with van der Waals surface area (Å²) in [6, 6.07) is 0. The van der Waals surface area contributed by atoms with E-state index in [4.69, 9.17) is 9.92 Å². The summed E-state index contributed by atoms with van der Waals surface area (Å²) in [6.45, 7) is 6.22. The minimum Gasteiger partial charge on any atom is -0.326 e. The van der Waals surface area contributed by atoms with Gasteiger partial charge in [-0.1, -0.05) is 77.6 Å². The van der Waals surface area contributed by atoms with Gasteiger partial charge >= 0.3 is 0 Å². The van der Waals surface area contributed by atoms with Crippen LogP contribution in [0.3, 0.4) is 0 Å². The molecule has 0 bridgehead atoms. The summed E-state index contributed by atoms with van der Waals surface area (Å²) in [5.41, 5.74) is 5.33. The maximum Gasteiger partial charge on any atom is 0.267 e. The zero-order valence-corrected chi connectivity index (χ0v) is 17.1. The molecular weight excluding hydrogens is 322 g/mol. The molecule has 0 spiro atoms. The van der Waals surface area contributed by atoms with Crippen molar-refractivity contribution in [2.24, 2.45) is 5.73 Å². The Labute approximate surface area is 151 Å². The zero-order valence-electron chi connectivity index (χ0n) is 16.3. The average molecular weight is 364 g/mol. The van der Waals surface area contributed by atoms with Crippen molar-refractivity contribution in [2.75, 3.05) is 12.4 Å². The normalized spacial score (nSPS) is 12.7. The molecule has 0 aliphatic carbocycles. The van der Waals surface area contributed by atoms with Gasteiger partial charge in [-0.2, -0.15) is 8.42 Å². The fourth-order valence-electron chi connectivity index (χ4n) is 2.58. The van der Waals surface area contributed by atoms with E-state index in [0.29, 0.717) is 13.0 Å². The van der Waals surface area contributed by atoms with E-state index in [-0.39, 0.29) is 5.75 Å². The third-order valence-corrected chi connectivity index (χ3v) is 5.49. The molecule has 0 radical (unpaired) electrons. The van der Waals surface area contributed by atoms with Crippen LogP contribution in [0.25, 0.3) is 0 Å². The van der Waals surface area contributed by atoms with Crippen molar-refractivity contribution in [3.63, 3.8) is 0 Å². The van der Waals surface area contributed by atoms with E-state index in [2.05, 4.69) is 6.92 Å². The van der Waals surface area contributed by atoms with E-state index in [1.165, 1.54) is 64.2 Å². The number of unbranched alkanes of at least 4 members (excludes halogenated alkanes) is 11. The van der Waals surface area contributed by atoms with Crippen LogP contribution in [0.5, 0.6) is 0 Å². The van der Waals surface area contributed by atoms with Gasteiger partial charge in [0.25, 0.3) is 10.1 Å². The smallest absolute Gasteiger partial charge is 0.267 e. The Kier molecular flexibility index (Phi) is 14.0. The summed E-state index contributed by atoms with van der Waals surface area (Å²) in [5.74, 6) is 0.00869. The monoisotopic (exact) mass is 363 g/mol. The van der Waals surface area contributed by atoms with E-state index < -0.39 is 15.7 Å². The quantitative estimate of drug-likeness (QED) is 0.286. The van der Waals surface area contributed by atoms with Crippen LogP contribution in [0.2, 0.25) is 0 Å². The maximum atomic E-state index is 11.7. The topological polar surface area (TPSA) is 69.4 Å². The van der Waals surface area contributed by atoms with E-state index in [0.717, 1.165) is 12.8 Å². The van der Waals surface area contributed by atoms with Crippen molar-refractivity contribution in [2.45, 2.75) is 110 Å². The number of hydrogen-bond donors (Lipinski definition) is 1. The molecule has 0 amide bonds. The van der Waals surface area contributed by atoms with Crippen LogP contribution in [-0.2, 0) is 14.3 Å². The molecule has 0 rings (SSSR count). The second-order valence-electron chi connectivity index (χ2n) is 7.71. The lowest BCUT2D eigenvalue weighted by Gasteiger charge is -2.17. The Morgan fingerprint density at radius 1 is 0.792 bits per heavy atom. The fraction of sp³-hybridized carbons (Fsp3) is 1.00. The van der Waals surface area contributed by atoms with Crippen LogP contribution in [0.1, 0.15) is 104 Å².